The molecule has 0 spiro atoms. The summed E-state index contributed by atoms with van der Waals surface area (Å²) < 4.78 is 10.6. The molecule has 4 rings (SSSR count). The lowest BCUT2D eigenvalue weighted by atomic mass is 9.98. The second kappa shape index (κ2) is 11.9. The second-order valence-electron chi connectivity index (χ2n) is 8.49. The predicted octanol–water partition coefficient (Wildman–Crippen LogP) is 4.68. The smallest absolute Gasteiger partial charge is 0.407 e. The molecule has 0 aliphatic heterocycles. The molecule has 0 unspecified atom stereocenters. The summed E-state index contributed by atoms with van der Waals surface area (Å²) in [6.45, 7) is 0.457. The molecule has 0 radical (unpaired) electrons. The van der Waals surface area contributed by atoms with Gasteiger partial charge in [-0.1, -0.05) is 78.9 Å². The lowest BCUT2D eigenvalue weighted by Crippen LogP contribution is -2.42. The molecule has 8 nitrogen and oxygen atoms in total. The molecule has 2 amide bonds. The molecular formula is C28H28N2O6. The number of fused-ring (bicyclic) bond motifs is 3. The summed E-state index contributed by atoms with van der Waals surface area (Å²) >= 11 is 0. The van der Waals surface area contributed by atoms with Crippen LogP contribution in [0, 0.1) is 0 Å². The van der Waals surface area contributed by atoms with Gasteiger partial charge < -0.3 is 25.2 Å². The minimum atomic E-state index is -1.17. The van der Waals surface area contributed by atoms with E-state index in [2.05, 4.69) is 10.6 Å². The quantitative estimate of drug-likeness (QED) is 0.357. The fourth-order valence-corrected chi connectivity index (χ4v) is 4.31. The Balaban J connectivity index is 1.21. The van der Waals surface area contributed by atoms with Gasteiger partial charge in [-0.2, -0.15) is 0 Å². The van der Waals surface area contributed by atoms with E-state index in [-0.39, 0.29) is 32.1 Å². The third-order valence-electron chi connectivity index (χ3n) is 6.09. The Kier molecular flexibility index (Phi) is 8.18. The van der Waals surface area contributed by atoms with Crippen LogP contribution in [0.4, 0.5) is 9.59 Å². The molecule has 1 aliphatic carbocycles. The maximum absolute atomic E-state index is 12.4. The monoisotopic (exact) mass is 488 g/mol. The van der Waals surface area contributed by atoms with Gasteiger partial charge in [0.2, 0.25) is 0 Å². The number of ether oxygens (including phenoxy) is 2. The van der Waals surface area contributed by atoms with Gasteiger partial charge in [0.25, 0.3) is 0 Å². The average molecular weight is 489 g/mol. The zero-order valence-electron chi connectivity index (χ0n) is 19.7. The number of hydrogen-bond donors (Lipinski definition) is 3. The molecule has 0 saturated carbocycles. The van der Waals surface area contributed by atoms with Gasteiger partial charge in [0.15, 0.2) is 0 Å². The van der Waals surface area contributed by atoms with Crippen molar-refractivity contribution in [1.29, 1.82) is 0 Å². The number of carboxylic acid groups (broad SMARTS) is 1. The zero-order valence-corrected chi connectivity index (χ0v) is 19.7. The number of benzene rings is 3. The van der Waals surface area contributed by atoms with Gasteiger partial charge in [-0.25, -0.2) is 14.4 Å². The Morgan fingerprint density at radius 2 is 1.42 bits per heavy atom. The van der Waals surface area contributed by atoms with Crippen molar-refractivity contribution in [2.75, 3.05) is 13.2 Å². The number of carbonyl (C=O) groups excluding carboxylic acids is 2. The van der Waals surface area contributed by atoms with Crippen LogP contribution in [0.2, 0.25) is 0 Å². The number of hydrogen-bond acceptors (Lipinski definition) is 5. The van der Waals surface area contributed by atoms with E-state index in [0.717, 1.165) is 27.8 Å². The Morgan fingerprint density at radius 3 is 2.06 bits per heavy atom. The highest BCUT2D eigenvalue weighted by molar-refractivity contribution is 5.81. The zero-order chi connectivity index (χ0) is 25.3. The average Bonchev–Trinajstić information content (AvgIpc) is 3.22. The van der Waals surface area contributed by atoms with Crippen molar-refractivity contribution in [3.63, 3.8) is 0 Å². The van der Waals surface area contributed by atoms with E-state index in [0.29, 0.717) is 6.42 Å². The van der Waals surface area contributed by atoms with Crippen LogP contribution in [-0.4, -0.2) is 42.5 Å². The van der Waals surface area contributed by atoms with Gasteiger partial charge in [0.05, 0.1) is 0 Å². The minimum absolute atomic E-state index is 0.0982. The first-order valence-corrected chi connectivity index (χ1v) is 11.8. The molecule has 36 heavy (non-hydrogen) atoms. The Hall–Kier alpha value is -4.33. The lowest BCUT2D eigenvalue weighted by Gasteiger charge is -2.17. The van der Waals surface area contributed by atoms with Crippen molar-refractivity contribution < 1.29 is 29.0 Å². The van der Waals surface area contributed by atoms with Crippen molar-refractivity contribution in [3.8, 4) is 11.1 Å². The number of carboxylic acids is 1. The number of aliphatic carboxylic acids is 1. The fourth-order valence-electron chi connectivity index (χ4n) is 4.31. The summed E-state index contributed by atoms with van der Waals surface area (Å²) in [6.07, 6.45) is -0.922. The Labute approximate surface area is 209 Å². The maximum Gasteiger partial charge on any atom is 0.407 e. The lowest BCUT2D eigenvalue weighted by molar-refractivity contribution is -0.139. The molecule has 1 aliphatic rings. The Morgan fingerprint density at radius 1 is 0.806 bits per heavy atom. The predicted molar refractivity (Wildman–Crippen MR) is 133 cm³/mol. The van der Waals surface area contributed by atoms with E-state index in [4.69, 9.17) is 9.47 Å². The number of alkyl carbamates (subject to hydrolysis) is 2. The summed E-state index contributed by atoms with van der Waals surface area (Å²) in [5.74, 6) is -1.28. The van der Waals surface area contributed by atoms with Crippen LogP contribution >= 0.6 is 0 Å². The van der Waals surface area contributed by atoms with Gasteiger partial charge in [-0.3, -0.25) is 0 Å². The highest BCUT2D eigenvalue weighted by atomic mass is 16.6. The molecule has 3 aromatic rings. The third-order valence-corrected chi connectivity index (χ3v) is 6.09. The molecule has 0 heterocycles. The summed E-state index contributed by atoms with van der Waals surface area (Å²) in [5.41, 5.74) is 5.24. The van der Waals surface area contributed by atoms with Crippen molar-refractivity contribution in [2.24, 2.45) is 0 Å². The van der Waals surface area contributed by atoms with Crippen LogP contribution in [0.3, 0.4) is 0 Å². The molecule has 186 valence electrons. The topological polar surface area (TPSA) is 114 Å². The Bertz CT molecular complexity index is 1170. The number of nitrogens with one attached hydrogen (secondary N) is 2. The van der Waals surface area contributed by atoms with Gasteiger partial charge >= 0.3 is 18.2 Å². The molecule has 3 N–H and O–H groups in total. The highest BCUT2D eigenvalue weighted by Crippen LogP contribution is 2.44. The molecule has 0 saturated heterocycles. The molecule has 0 aromatic heterocycles. The maximum atomic E-state index is 12.4. The van der Waals surface area contributed by atoms with E-state index in [1.54, 1.807) is 0 Å². The first-order valence-electron chi connectivity index (χ1n) is 11.8. The second-order valence-corrected chi connectivity index (χ2v) is 8.49. The first kappa shape index (κ1) is 24.8. The third kappa shape index (κ3) is 6.21. The SMILES string of the molecule is O=C(NCCC[C@H](NC(=O)OCC1c2ccccc2-c2ccccc21)C(=O)O)OCc1ccccc1. The van der Waals surface area contributed by atoms with Crippen LogP contribution in [0.5, 0.6) is 0 Å². The largest absolute Gasteiger partial charge is 0.480 e. The number of amides is 2. The molecule has 0 fully saturated rings. The van der Waals surface area contributed by atoms with Crippen LogP contribution in [0.1, 0.15) is 35.4 Å². The van der Waals surface area contributed by atoms with E-state index >= 15 is 0 Å². The summed E-state index contributed by atoms with van der Waals surface area (Å²) in [4.78, 5) is 35.9. The number of carbonyl (C=O) groups is 3. The minimum Gasteiger partial charge on any atom is -0.480 e. The van der Waals surface area contributed by atoms with E-state index < -0.39 is 24.2 Å². The van der Waals surface area contributed by atoms with E-state index in [1.165, 1.54) is 0 Å². The molecule has 1 atom stereocenters. The number of rotatable bonds is 10. The summed E-state index contributed by atoms with van der Waals surface area (Å²) in [6, 6.07) is 24.1. The van der Waals surface area contributed by atoms with Crippen molar-refractivity contribution >= 4 is 18.2 Å². The molecule has 8 heteroatoms. The van der Waals surface area contributed by atoms with Gasteiger partial charge in [-0.05, 0) is 40.7 Å². The standard InChI is InChI=1S/C28H28N2O6/c31-26(32)25(15-8-16-29-27(33)35-17-19-9-2-1-3-10-19)30-28(34)36-18-24-22-13-6-4-11-20(22)21-12-5-7-14-23(21)24/h1-7,9-14,24-25H,8,15-18H2,(H,29,33)(H,30,34)(H,31,32)/t25-/m0/s1. The fraction of sp³-hybridized carbons (Fsp3) is 0.250. The van der Waals surface area contributed by atoms with Gasteiger partial charge in [0.1, 0.15) is 19.3 Å². The summed E-state index contributed by atoms with van der Waals surface area (Å²) in [5, 5.41) is 14.5. The van der Waals surface area contributed by atoms with Gasteiger partial charge in [0, 0.05) is 12.5 Å². The van der Waals surface area contributed by atoms with Crippen LogP contribution < -0.4 is 10.6 Å². The van der Waals surface area contributed by atoms with Crippen molar-refractivity contribution in [2.45, 2.75) is 31.4 Å². The highest BCUT2D eigenvalue weighted by Gasteiger charge is 2.29. The van der Waals surface area contributed by atoms with Crippen LogP contribution in [0.25, 0.3) is 11.1 Å². The molecule has 0 bridgehead atoms. The first-order chi connectivity index (χ1) is 17.5. The van der Waals surface area contributed by atoms with Crippen molar-refractivity contribution in [3.05, 3.63) is 95.6 Å². The molecular weight excluding hydrogens is 460 g/mol. The normalized spacial score (nSPS) is 12.7. The van der Waals surface area contributed by atoms with E-state index in [1.807, 2.05) is 78.9 Å². The van der Waals surface area contributed by atoms with Gasteiger partial charge in [-0.15, -0.1) is 0 Å². The summed E-state index contributed by atoms with van der Waals surface area (Å²) in [7, 11) is 0. The van der Waals surface area contributed by atoms with Crippen LogP contribution in [-0.2, 0) is 20.9 Å². The van der Waals surface area contributed by atoms with E-state index in [9.17, 15) is 19.5 Å². The van der Waals surface area contributed by atoms with Crippen LogP contribution in [0.15, 0.2) is 78.9 Å². The molecule has 3 aromatic carbocycles. The van der Waals surface area contributed by atoms with Crippen molar-refractivity contribution in [1.82, 2.24) is 10.6 Å².